The molecule has 0 atom stereocenters. The van der Waals surface area contributed by atoms with E-state index in [1.807, 2.05) is 5.40 Å². The maximum Gasteiger partial charge on any atom is 0.348 e. The Labute approximate surface area is 165 Å². The van der Waals surface area contributed by atoms with E-state index in [4.69, 9.17) is 10.00 Å². The fourth-order valence-corrected chi connectivity index (χ4v) is 4.65. The first kappa shape index (κ1) is 21.0. The molecule has 0 fully saturated rings. The Morgan fingerprint density at radius 3 is 2.67 bits per heavy atom. The van der Waals surface area contributed by atoms with Gasteiger partial charge in [0.15, 0.2) is 9.84 Å². The maximum absolute atomic E-state index is 12.6. The fourth-order valence-electron chi connectivity index (χ4n) is 2.18. The molecule has 0 spiro atoms. The van der Waals surface area contributed by atoms with Gasteiger partial charge in [0.25, 0.3) is 5.91 Å². The van der Waals surface area contributed by atoms with Gasteiger partial charge in [-0.05, 0) is 49.4 Å². The first-order chi connectivity index (χ1) is 12.7. The number of benzene rings is 1. The van der Waals surface area contributed by atoms with Gasteiger partial charge in [0.1, 0.15) is 15.3 Å². The molecule has 0 aliphatic heterocycles. The van der Waals surface area contributed by atoms with Crippen LogP contribution in [0, 0.1) is 17.6 Å². The van der Waals surface area contributed by atoms with E-state index in [1.54, 1.807) is 13.8 Å². The first-order valence-corrected chi connectivity index (χ1v) is 11.2. The van der Waals surface area contributed by atoms with Gasteiger partial charge in [0.2, 0.25) is 0 Å². The van der Waals surface area contributed by atoms with Crippen molar-refractivity contribution in [2.24, 2.45) is 0 Å². The smallest absolute Gasteiger partial charge is 0.348 e. The van der Waals surface area contributed by atoms with Crippen LogP contribution < -0.4 is 5.32 Å². The highest BCUT2D eigenvalue weighted by Crippen LogP contribution is 2.40. The van der Waals surface area contributed by atoms with Gasteiger partial charge in [-0.1, -0.05) is 6.07 Å². The Hall–Kier alpha value is -2.35. The molecule has 0 saturated heterocycles. The van der Waals surface area contributed by atoms with E-state index in [-0.39, 0.29) is 17.1 Å². The quantitative estimate of drug-likeness (QED) is 0.429. The number of sulfone groups is 1. The molecule has 2 aromatic rings. The number of hydrogen-bond donors (Lipinski definition) is 1. The highest BCUT2D eigenvalue weighted by molar-refractivity contribution is 8.04. The van der Waals surface area contributed by atoms with Gasteiger partial charge in [0.05, 0.1) is 16.4 Å². The number of thioether (sulfide) groups is 1. The summed E-state index contributed by atoms with van der Waals surface area (Å²) >= 11 is 1.84. The molecule has 142 valence electrons. The van der Waals surface area contributed by atoms with Crippen molar-refractivity contribution < 1.29 is 22.7 Å². The van der Waals surface area contributed by atoms with Gasteiger partial charge in [-0.15, -0.1) is 11.3 Å². The van der Waals surface area contributed by atoms with Gasteiger partial charge in [-0.25, -0.2) is 13.2 Å². The Bertz CT molecular complexity index is 1040. The fraction of sp³-hybridized carbons (Fsp3) is 0.235. The first-order valence-electron chi connectivity index (χ1n) is 7.67. The van der Waals surface area contributed by atoms with E-state index in [2.05, 4.69) is 5.32 Å². The molecule has 27 heavy (non-hydrogen) atoms. The number of rotatable bonds is 6. The van der Waals surface area contributed by atoms with Crippen LogP contribution in [0.15, 0.2) is 34.1 Å². The number of hydrogen-bond acceptors (Lipinski definition) is 8. The molecule has 0 radical (unpaired) electrons. The van der Waals surface area contributed by atoms with E-state index in [0.29, 0.717) is 20.3 Å². The molecule has 0 aliphatic rings. The number of esters is 1. The molecule has 0 aliphatic carbocycles. The van der Waals surface area contributed by atoms with Crippen molar-refractivity contribution >= 4 is 49.8 Å². The Morgan fingerprint density at radius 1 is 1.37 bits per heavy atom. The summed E-state index contributed by atoms with van der Waals surface area (Å²) < 4.78 is 28.3. The third-order valence-electron chi connectivity index (χ3n) is 3.45. The molecule has 0 unspecified atom stereocenters. The SMILES string of the molecule is CCOC(=O)c1sc(NC(=O)c2cccc(S(C)(=O)=O)c2)c(SC#N)c1C. The van der Waals surface area contributed by atoms with Crippen molar-refractivity contribution in [2.45, 2.75) is 23.6 Å². The number of anilines is 1. The lowest BCUT2D eigenvalue weighted by Gasteiger charge is -2.06. The molecule has 10 heteroatoms. The molecule has 0 bridgehead atoms. The molecular weight excluding hydrogens is 408 g/mol. The average molecular weight is 425 g/mol. The molecular formula is C17H16N2O5S3. The summed E-state index contributed by atoms with van der Waals surface area (Å²) in [5.41, 5.74) is 0.694. The summed E-state index contributed by atoms with van der Waals surface area (Å²) in [5.74, 6) is -1.07. The van der Waals surface area contributed by atoms with Gasteiger partial charge in [0, 0.05) is 11.8 Å². The molecule has 2 rings (SSSR count). The van der Waals surface area contributed by atoms with Crippen LogP contribution in [0.1, 0.15) is 32.5 Å². The number of thiophene rings is 1. The third-order valence-corrected chi connectivity index (χ3v) is 6.68. The van der Waals surface area contributed by atoms with Crippen LogP contribution in [-0.2, 0) is 14.6 Å². The van der Waals surface area contributed by atoms with Crippen molar-refractivity contribution in [2.75, 3.05) is 18.2 Å². The number of carbonyl (C=O) groups excluding carboxylic acids is 2. The van der Waals surface area contributed by atoms with Crippen molar-refractivity contribution in [3.05, 3.63) is 40.3 Å². The summed E-state index contributed by atoms with van der Waals surface area (Å²) in [7, 11) is -3.45. The zero-order chi connectivity index (χ0) is 20.2. The second-order valence-electron chi connectivity index (χ2n) is 5.38. The normalized spacial score (nSPS) is 10.9. The lowest BCUT2D eigenvalue weighted by molar-refractivity contribution is 0.0531. The maximum atomic E-state index is 12.6. The molecule has 1 heterocycles. The number of amides is 1. The van der Waals surface area contributed by atoms with Crippen molar-refractivity contribution in [1.29, 1.82) is 5.26 Å². The zero-order valence-corrected chi connectivity index (χ0v) is 17.2. The Kier molecular flexibility index (Phi) is 6.64. The predicted octanol–water partition coefficient (Wildman–Crippen LogP) is 3.46. The van der Waals surface area contributed by atoms with Crippen LogP contribution >= 0.6 is 23.1 Å². The average Bonchev–Trinajstić information content (AvgIpc) is 2.91. The summed E-state index contributed by atoms with van der Waals surface area (Å²) in [6.07, 6.45) is 1.06. The predicted molar refractivity (Wildman–Crippen MR) is 104 cm³/mol. The van der Waals surface area contributed by atoms with Crippen molar-refractivity contribution in [3.8, 4) is 5.40 Å². The number of nitrogens with zero attached hydrogens (tertiary/aromatic N) is 1. The summed E-state index contributed by atoms with van der Waals surface area (Å²) in [6.45, 7) is 3.56. The van der Waals surface area contributed by atoms with E-state index < -0.39 is 21.7 Å². The second-order valence-corrected chi connectivity index (χ2v) is 9.21. The van der Waals surface area contributed by atoms with E-state index >= 15 is 0 Å². The molecule has 0 saturated carbocycles. The van der Waals surface area contributed by atoms with Crippen LogP contribution in [-0.4, -0.2) is 33.2 Å². The lowest BCUT2D eigenvalue weighted by atomic mass is 10.2. The number of nitrogens with one attached hydrogen (secondary N) is 1. The van der Waals surface area contributed by atoms with Crippen LogP contribution in [0.25, 0.3) is 0 Å². The van der Waals surface area contributed by atoms with Crippen molar-refractivity contribution in [1.82, 2.24) is 0 Å². The van der Waals surface area contributed by atoms with Gasteiger partial charge in [-0.2, -0.15) is 5.26 Å². The summed E-state index contributed by atoms with van der Waals surface area (Å²) in [5, 5.41) is 13.9. The van der Waals surface area contributed by atoms with Gasteiger partial charge < -0.3 is 10.1 Å². The number of nitriles is 1. The highest BCUT2D eigenvalue weighted by atomic mass is 32.2. The largest absolute Gasteiger partial charge is 0.462 e. The van der Waals surface area contributed by atoms with Gasteiger partial charge in [-0.3, -0.25) is 4.79 Å². The minimum Gasteiger partial charge on any atom is -0.462 e. The van der Waals surface area contributed by atoms with Gasteiger partial charge >= 0.3 is 5.97 Å². The molecule has 7 nitrogen and oxygen atoms in total. The number of carbonyl (C=O) groups is 2. The molecule has 1 amide bonds. The topological polar surface area (TPSA) is 113 Å². The highest BCUT2D eigenvalue weighted by Gasteiger charge is 2.23. The molecule has 1 aromatic carbocycles. The van der Waals surface area contributed by atoms with E-state index in [9.17, 15) is 18.0 Å². The van der Waals surface area contributed by atoms with Crippen LogP contribution in [0.2, 0.25) is 0 Å². The van der Waals surface area contributed by atoms with E-state index in [0.717, 1.165) is 29.4 Å². The lowest BCUT2D eigenvalue weighted by Crippen LogP contribution is -2.12. The van der Waals surface area contributed by atoms with E-state index in [1.165, 1.54) is 24.3 Å². The number of ether oxygens (including phenoxy) is 1. The van der Waals surface area contributed by atoms with Crippen molar-refractivity contribution in [3.63, 3.8) is 0 Å². The van der Waals surface area contributed by atoms with Crippen LogP contribution in [0.3, 0.4) is 0 Å². The third kappa shape index (κ3) is 4.88. The Balaban J connectivity index is 2.39. The summed E-state index contributed by atoms with van der Waals surface area (Å²) in [4.78, 5) is 25.4. The second kappa shape index (κ2) is 8.56. The number of thiocyanates is 1. The zero-order valence-electron chi connectivity index (χ0n) is 14.7. The van der Waals surface area contributed by atoms with Crippen LogP contribution in [0.5, 0.6) is 0 Å². The minimum absolute atomic E-state index is 0.0244. The summed E-state index contributed by atoms with van der Waals surface area (Å²) in [6, 6.07) is 5.62. The Morgan fingerprint density at radius 2 is 2.07 bits per heavy atom. The molecule has 1 aromatic heterocycles. The monoisotopic (exact) mass is 424 g/mol. The molecule has 1 N–H and O–H groups in total. The van der Waals surface area contributed by atoms with Crippen LogP contribution in [0.4, 0.5) is 5.00 Å². The minimum atomic E-state index is -3.45. The standard InChI is InChI=1S/C17H16N2O5S3/c1-4-24-17(21)14-10(2)13(25-9-18)16(26-14)19-15(20)11-6-5-7-12(8-11)27(3,22)23/h5-8H,4H2,1-3H3,(H,19,20).